The minimum absolute atomic E-state index is 0.0218. The normalized spacial score (nSPS) is 12.1. The molecule has 2 N–H and O–H groups in total. The molecule has 8 nitrogen and oxygen atoms in total. The van der Waals surface area contributed by atoms with Gasteiger partial charge in [-0.15, -0.1) is 11.3 Å². The number of carboxylic acid groups (broad SMARTS) is 1. The number of nitrogens with zero attached hydrogens (tertiary/aromatic N) is 3. The number of carboxylic acids is 1. The van der Waals surface area contributed by atoms with Crippen LogP contribution in [-0.2, 0) is 33.3 Å². The van der Waals surface area contributed by atoms with Gasteiger partial charge in [0.25, 0.3) is 10.0 Å². The molecule has 0 aliphatic carbocycles. The molecule has 0 spiro atoms. The summed E-state index contributed by atoms with van der Waals surface area (Å²) in [6, 6.07) is 14.0. The highest BCUT2D eigenvalue weighted by Crippen LogP contribution is 2.35. The van der Waals surface area contributed by atoms with Crippen LogP contribution in [0.25, 0.3) is 0 Å². The Hall–Kier alpha value is -2.82. The van der Waals surface area contributed by atoms with Crippen molar-refractivity contribution in [3.63, 3.8) is 0 Å². The van der Waals surface area contributed by atoms with E-state index in [1.54, 1.807) is 41.7 Å². The Bertz CT molecular complexity index is 1230. The zero-order valence-electron chi connectivity index (χ0n) is 20.3. The Morgan fingerprint density at radius 3 is 2.60 bits per heavy atom. The zero-order valence-corrected chi connectivity index (χ0v) is 21.9. The molecule has 3 heterocycles. The van der Waals surface area contributed by atoms with E-state index in [4.69, 9.17) is 5.11 Å². The first-order valence-electron chi connectivity index (χ1n) is 11.5. The molecule has 10 heteroatoms. The molecule has 0 amide bonds. The van der Waals surface area contributed by atoms with Gasteiger partial charge in [-0.1, -0.05) is 45.7 Å². The maximum absolute atomic E-state index is 13.5. The average Bonchev–Trinajstić information content (AvgIpc) is 3.32. The lowest BCUT2D eigenvalue weighted by molar-refractivity contribution is -0.134. The van der Waals surface area contributed by atoms with Gasteiger partial charge in [-0.25, -0.2) is 18.4 Å². The fourth-order valence-corrected chi connectivity index (χ4v) is 6.17. The fourth-order valence-electron chi connectivity index (χ4n) is 3.61. The van der Waals surface area contributed by atoms with Gasteiger partial charge < -0.3 is 10.4 Å². The van der Waals surface area contributed by atoms with Gasteiger partial charge in [0.2, 0.25) is 0 Å². The fraction of sp³-hybridized carbons (Fsp3) is 0.400. The van der Waals surface area contributed by atoms with Crippen molar-refractivity contribution in [1.29, 1.82) is 0 Å². The number of anilines is 1. The molecule has 0 saturated heterocycles. The van der Waals surface area contributed by atoms with Crippen molar-refractivity contribution in [1.82, 2.24) is 14.3 Å². The molecular formula is C25H32N4O4S2. The molecule has 35 heavy (non-hydrogen) atoms. The standard InChI is InChI=1S/C25H32N4O4S2/c1-4-5-14-25(2,3)21-13-12-20(34-21)18-29(35(32,33)23-11-6-7-15-26-23)17-19-9-8-10-22(28-19)27-16-24(30)31/h6-13,15H,4-5,14,16-18H2,1-3H3,(H,27,28)(H,30,31). The van der Waals surface area contributed by atoms with E-state index in [-0.39, 0.29) is 30.1 Å². The molecule has 0 atom stereocenters. The van der Waals surface area contributed by atoms with Crippen LogP contribution in [0.5, 0.6) is 0 Å². The summed E-state index contributed by atoms with van der Waals surface area (Å²) < 4.78 is 28.4. The van der Waals surface area contributed by atoms with E-state index in [2.05, 4.69) is 42.1 Å². The molecular weight excluding hydrogens is 484 g/mol. The maximum Gasteiger partial charge on any atom is 0.322 e. The first-order valence-corrected chi connectivity index (χ1v) is 13.8. The van der Waals surface area contributed by atoms with E-state index in [0.717, 1.165) is 24.1 Å². The number of rotatable bonds is 13. The third kappa shape index (κ3) is 7.33. The van der Waals surface area contributed by atoms with Crippen LogP contribution in [0, 0.1) is 0 Å². The van der Waals surface area contributed by atoms with Crippen LogP contribution in [0.1, 0.15) is 55.5 Å². The van der Waals surface area contributed by atoms with Crippen molar-refractivity contribution in [3.05, 3.63) is 70.2 Å². The van der Waals surface area contributed by atoms with E-state index in [9.17, 15) is 13.2 Å². The predicted octanol–water partition coefficient (Wildman–Crippen LogP) is 4.89. The molecule has 0 bridgehead atoms. The molecule has 0 saturated carbocycles. The van der Waals surface area contributed by atoms with Gasteiger partial charge in [0, 0.05) is 22.5 Å². The zero-order chi connectivity index (χ0) is 25.5. The second kappa shape index (κ2) is 11.7. The molecule has 0 unspecified atom stereocenters. The molecule has 0 fully saturated rings. The number of hydrogen-bond acceptors (Lipinski definition) is 7. The quantitative estimate of drug-likeness (QED) is 0.332. The van der Waals surface area contributed by atoms with Crippen LogP contribution < -0.4 is 5.32 Å². The van der Waals surface area contributed by atoms with Gasteiger partial charge in [-0.2, -0.15) is 4.31 Å². The van der Waals surface area contributed by atoms with Crippen LogP contribution in [0.15, 0.2) is 59.8 Å². The Morgan fingerprint density at radius 1 is 1.11 bits per heavy atom. The second-order valence-corrected chi connectivity index (χ2v) is 12.0. The molecule has 0 radical (unpaired) electrons. The number of aliphatic carboxylic acids is 1. The maximum atomic E-state index is 13.5. The predicted molar refractivity (Wildman–Crippen MR) is 138 cm³/mol. The van der Waals surface area contributed by atoms with E-state index in [0.29, 0.717) is 11.5 Å². The summed E-state index contributed by atoms with van der Waals surface area (Å²) in [5.41, 5.74) is 0.523. The van der Waals surface area contributed by atoms with Crippen molar-refractivity contribution < 1.29 is 18.3 Å². The van der Waals surface area contributed by atoms with Crippen LogP contribution in [0.3, 0.4) is 0 Å². The number of hydrogen-bond donors (Lipinski definition) is 2. The summed E-state index contributed by atoms with van der Waals surface area (Å²) in [5, 5.41) is 11.6. The number of pyridine rings is 2. The molecule has 3 aromatic rings. The third-order valence-corrected chi connectivity index (χ3v) is 8.77. The Balaban J connectivity index is 1.89. The average molecular weight is 517 g/mol. The minimum atomic E-state index is -3.90. The summed E-state index contributed by atoms with van der Waals surface area (Å²) in [7, 11) is -3.90. The monoisotopic (exact) mass is 516 g/mol. The number of thiophene rings is 1. The number of aromatic nitrogens is 2. The molecule has 3 aromatic heterocycles. The van der Waals surface area contributed by atoms with Crippen LogP contribution >= 0.6 is 11.3 Å². The molecule has 3 rings (SSSR count). The summed E-state index contributed by atoms with van der Waals surface area (Å²) >= 11 is 1.63. The number of carbonyl (C=O) groups is 1. The molecule has 188 valence electrons. The second-order valence-electron chi connectivity index (χ2n) is 8.96. The van der Waals surface area contributed by atoms with Crippen LogP contribution in [0.2, 0.25) is 0 Å². The molecule has 0 aliphatic rings. The lowest BCUT2D eigenvalue weighted by Gasteiger charge is -2.23. The topological polar surface area (TPSA) is 112 Å². The van der Waals surface area contributed by atoms with Crippen molar-refractivity contribution in [2.75, 3.05) is 11.9 Å². The van der Waals surface area contributed by atoms with Gasteiger partial charge in [-0.05, 0) is 48.2 Å². The lowest BCUT2D eigenvalue weighted by atomic mass is 9.86. The Morgan fingerprint density at radius 2 is 1.91 bits per heavy atom. The van der Waals surface area contributed by atoms with Gasteiger partial charge in [0.1, 0.15) is 12.4 Å². The summed E-state index contributed by atoms with van der Waals surface area (Å²) in [5.74, 6) is -0.636. The smallest absolute Gasteiger partial charge is 0.322 e. The first-order chi connectivity index (χ1) is 16.6. The highest BCUT2D eigenvalue weighted by Gasteiger charge is 2.28. The van der Waals surface area contributed by atoms with Crippen molar-refractivity contribution >= 4 is 33.1 Å². The lowest BCUT2D eigenvalue weighted by Crippen LogP contribution is -2.31. The SMILES string of the molecule is CCCCC(C)(C)c1ccc(CN(Cc2cccc(NCC(=O)O)n2)S(=O)(=O)c2ccccn2)s1. The summed E-state index contributed by atoms with van der Waals surface area (Å²) in [4.78, 5) is 21.5. The van der Waals surface area contributed by atoms with Crippen LogP contribution in [0.4, 0.5) is 5.82 Å². The van der Waals surface area contributed by atoms with E-state index >= 15 is 0 Å². The van der Waals surface area contributed by atoms with Crippen molar-refractivity contribution in [2.24, 2.45) is 0 Å². The highest BCUT2D eigenvalue weighted by molar-refractivity contribution is 7.89. The largest absolute Gasteiger partial charge is 0.480 e. The molecule has 0 aromatic carbocycles. The number of sulfonamides is 1. The minimum Gasteiger partial charge on any atom is -0.480 e. The number of nitrogens with one attached hydrogen (secondary N) is 1. The Labute approximate surface area is 211 Å². The van der Waals surface area contributed by atoms with Gasteiger partial charge in [0.15, 0.2) is 5.03 Å². The van der Waals surface area contributed by atoms with Gasteiger partial charge in [0.05, 0.1) is 12.2 Å². The molecule has 0 aliphatic heterocycles. The third-order valence-electron chi connectivity index (χ3n) is 5.62. The van der Waals surface area contributed by atoms with Gasteiger partial charge >= 0.3 is 5.97 Å². The van der Waals surface area contributed by atoms with E-state index in [1.165, 1.54) is 21.4 Å². The number of unbranched alkanes of at least 4 members (excludes halogenated alkanes) is 1. The first kappa shape index (κ1) is 26.8. The summed E-state index contributed by atoms with van der Waals surface area (Å²) in [6.07, 6.45) is 4.79. The van der Waals surface area contributed by atoms with Crippen molar-refractivity contribution in [3.8, 4) is 0 Å². The van der Waals surface area contributed by atoms with E-state index < -0.39 is 16.0 Å². The Kier molecular flexibility index (Phi) is 8.98. The highest BCUT2D eigenvalue weighted by atomic mass is 32.2. The van der Waals surface area contributed by atoms with E-state index in [1.807, 2.05) is 6.07 Å². The van der Waals surface area contributed by atoms with Crippen molar-refractivity contribution in [2.45, 2.75) is 63.6 Å². The van der Waals surface area contributed by atoms with Gasteiger partial charge in [-0.3, -0.25) is 4.79 Å². The summed E-state index contributed by atoms with van der Waals surface area (Å²) in [6.45, 7) is 6.55. The van der Waals surface area contributed by atoms with Crippen LogP contribution in [-0.4, -0.2) is 40.3 Å².